The zero-order chi connectivity index (χ0) is 26.1. The van der Waals surface area contributed by atoms with Crippen molar-refractivity contribution in [2.45, 2.75) is 48.1 Å². The third-order valence-corrected chi connectivity index (χ3v) is 6.16. The number of esters is 2. The maximum absolute atomic E-state index is 13.2. The van der Waals surface area contributed by atoms with E-state index in [4.69, 9.17) is 18.5 Å². The second-order valence-electron chi connectivity index (χ2n) is 9.81. The number of rotatable bonds is 11. The van der Waals surface area contributed by atoms with E-state index in [-0.39, 0.29) is 6.16 Å². The van der Waals surface area contributed by atoms with Gasteiger partial charge in [0, 0.05) is 5.56 Å². The van der Waals surface area contributed by atoms with E-state index in [2.05, 4.69) is 10.3 Å². The number of allylic oxidation sites excluding steroid dienone is 2. The largest absolute Gasteiger partial charge is 0.438 e. The monoisotopic (exact) mass is 507 g/mol. The third kappa shape index (κ3) is 9.76. The highest BCUT2D eigenvalue weighted by Crippen LogP contribution is 2.48. The Kier molecular flexibility index (Phi) is 9.94. The molecule has 0 spiro atoms. The lowest BCUT2D eigenvalue weighted by Gasteiger charge is -2.21. The molecule has 1 aromatic carbocycles. The van der Waals surface area contributed by atoms with Crippen molar-refractivity contribution >= 4 is 19.5 Å². The molecule has 0 fully saturated rings. The molecule has 0 N–H and O–H groups in total. The summed E-state index contributed by atoms with van der Waals surface area (Å²) in [6.45, 7) is 9.39. The number of hydrogen-bond acceptors (Lipinski definition) is 9. The fraction of sp³-hybridized carbons (Fsp3) is 0.500. The molecule has 10 nitrogen and oxygen atoms in total. The Labute approximate surface area is 206 Å². The van der Waals surface area contributed by atoms with Crippen molar-refractivity contribution in [1.29, 1.82) is 0 Å². The molecule has 2 rings (SSSR count). The summed E-state index contributed by atoms with van der Waals surface area (Å²) in [6.07, 6.45) is 4.99. The van der Waals surface area contributed by atoms with Crippen LogP contribution in [0.25, 0.3) is 11.3 Å². The summed E-state index contributed by atoms with van der Waals surface area (Å²) in [5.74, 6) is -1.03. The number of nitrogens with zero attached hydrogens (tertiary/aromatic N) is 3. The Morgan fingerprint density at radius 1 is 0.914 bits per heavy atom. The van der Waals surface area contributed by atoms with Crippen molar-refractivity contribution in [1.82, 2.24) is 15.0 Å². The second kappa shape index (κ2) is 12.2. The minimum Gasteiger partial charge on any atom is -0.438 e. The molecule has 0 aliphatic carbocycles. The van der Waals surface area contributed by atoms with Crippen LogP contribution in [0.2, 0.25) is 0 Å². The van der Waals surface area contributed by atoms with Crippen molar-refractivity contribution in [3.05, 3.63) is 48.7 Å². The molecule has 0 atom stereocenters. The van der Waals surface area contributed by atoms with Crippen LogP contribution in [0.3, 0.4) is 0 Å². The quantitative estimate of drug-likeness (QED) is 0.182. The van der Waals surface area contributed by atoms with Crippen LogP contribution in [0.15, 0.2) is 48.7 Å². The fourth-order valence-corrected chi connectivity index (χ4v) is 3.53. The minimum absolute atomic E-state index is 0.132. The molecule has 1 heterocycles. The molecule has 0 saturated heterocycles. The van der Waals surface area contributed by atoms with Crippen LogP contribution >= 0.6 is 7.60 Å². The predicted molar refractivity (Wildman–Crippen MR) is 130 cm³/mol. The highest BCUT2D eigenvalue weighted by molar-refractivity contribution is 7.54. The normalized spacial score (nSPS) is 12.6. The fourth-order valence-electron chi connectivity index (χ4n) is 2.41. The van der Waals surface area contributed by atoms with Gasteiger partial charge in [-0.3, -0.25) is 23.2 Å². The van der Waals surface area contributed by atoms with Gasteiger partial charge in [0.2, 0.25) is 13.6 Å². The SMILES string of the molecule is CC(C)(C)C(=O)OCOP(=O)(C/C=C/Cn1cc(-c2ccccc2)nn1)OCOC(=O)C(C)(C)C. The molecule has 11 heteroatoms. The first-order valence-electron chi connectivity index (χ1n) is 11.1. The highest BCUT2D eigenvalue weighted by atomic mass is 31.2. The summed E-state index contributed by atoms with van der Waals surface area (Å²) in [5, 5.41) is 8.22. The smallest absolute Gasteiger partial charge is 0.340 e. The molecular formula is C24H34N3O7P. The van der Waals surface area contributed by atoms with Crippen molar-refractivity contribution < 1.29 is 32.7 Å². The van der Waals surface area contributed by atoms with Crippen molar-refractivity contribution in [2.75, 3.05) is 19.7 Å². The van der Waals surface area contributed by atoms with Crippen LogP contribution < -0.4 is 0 Å². The Balaban J connectivity index is 1.96. The highest BCUT2D eigenvalue weighted by Gasteiger charge is 2.29. The summed E-state index contributed by atoms with van der Waals surface area (Å²) in [7, 11) is -3.79. The first kappa shape index (κ1) is 28.4. The zero-order valence-corrected chi connectivity index (χ0v) is 22.0. The van der Waals surface area contributed by atoms with Crippen LogP contribution in [-0.2, 0) is 39.2 Å². The molecule has 0 bridgehead atoms. The summed E-state index contributed by atoms with van der Waals surface area (Å²) >= 11 is 0. The van der Waals surface area contributed by atoms with Crippen LogP contribution in [0, 0.1) is 10.8 Å². The first-order chi connectivity index (χ1) is 16.3. The van der Waals surface area contributed by atoms with Gasteiger partial charge in [-0.1, -0.05) is 47.7 Å². The van der Waals surface area contributed by atoms with Gasteiger partial charge in [-0.25, -0.2) is 4.68 Å². The molecule has 0 saturated carbocycles. The molecule has 0 unspecified atom stereocenters. The number of hydrogen-bond donors (Lipinski definition) is 0. The second-order valence-corrected chi connectivity index (χ2v) is 11.9. The lowest BCUT2D eigenvalue weighted by Crippen LogP contribution is -2.25. The van der Waals surface area contributed by atoms with E-state index in [0.29, 0.717) is 6.54 Å². The van der Waals surface area contributed by atoms with Crippen molar-refractivity contribution in [2.24, 2.45) is 10.8 Å². The van der Waals surface area contributed by atoms with E-state index in [1.807, 2.05) is 30.3 Å². The van der Waals surface area contributed by atoms with Crippen LogP contribution in [0.1, 0.15) is 41.5 Å². The van der Waals surface area contributed by atoms with Gasteiger partial charge in [0.1, 0.15) is 5.69 Å². The molecule has 192 valence electrons. The van der Waals surface area contributed by atoms with E-state index < -0.39 is 44.0 Å². The van der Waals surface area contributed by atoms with Gasteiger partial charge in [0.05, 0.1) is 29.7 Å². The molecule has 0 amide bonds. The summed E-state index contributed by atoms with van der Waals surface area (Å²) in [6, 6.07) is 9.64. The standard InChI is InChI=1S/C24H34N3O7P/c1-23(2,3)21(28)31-17-33-35(30,34-18-32-22(29)24(4,5)6)15-11-10-14-27-16-20(25-26-27)19-12-8-7-9-13-19/h7-13,16H,14-15,17-18H2,1-6H3/b11-10+. The van der Waals surface area contributed by atoms with Gasteiger partial charge in [-0.05, 0) is 41.5 Å². The van der Waals surface area contributed by atoms with Gasteiger partial charge in [-0.2, -0.15) is 0 Å². The Bertz CT molecular complexity index is 1020. The number of carbonyl (C=O) groups is 2. The maximum atomic E-state index is 13.2. The van der Waals surface area contributed by atoms with Gasteiger partial charge in [0.25, 0.3) is 0 Å². The van der Waals surface area contributed by atoms with E-state index in [0.717, 1.165) is 11.3 Å². The zero-order valence-electron chi connectivity index (χ0n) is 21.1. The molecule has 0 aliphatic rings. The third-order valence-electron chi connectivity index (χ3n) is 4.50. The first-order valence-corrected chi connectivity index (χ1v) is 12.9. The topological polar surface area (TPSA) is 119 Å². The lowest BCUT2D eigenvalue weighted by molar-refractivity contribution is -0.161. The molecule has 2 aromatic rings. The predicted octanol–water partition coefficient (Wildman–Crippen LogP) is 4.82. The molecule has 35 heavy (non-hydrogen) atoms. The Hall–Kier alpha value is -2.81. The van der Waals surface area contributed by atoms with Crippen LogP contribution in [0.5, 0.6) is 0 Å². The number of aromatic nitrogens is 3. The number of ether oxygens (including phenoxy) is 2. The van der Waals surface area contributed by atoms with E-state index in [9.17, 15) is 14.2 Å². The number of benzene rings is 1. The molecule has 0 aliphatic heterocycles. The molecule has 0 radical (unpaired) electrons. The molecular weight excluding hydrogens is 473 g/mol. The van der Waals surface area contributed by atoms with Crippen LogP contribution in [-0.4, -0.2) is 46.7 Å². The van der Waals surface area contributed by atoms with Gasteiger partial charge < -0.3 is 9.47 Å². The van der Waals surface area contributed by atoms with Crippen molar-refractivity contribution in [3.63, 3.8) is 0 Å². The molecule has 1 aromatic heterocycles. The summed E-state index contributed by atoms with van der Waals surface area (Å²) in [5.41, 5.74) is 0.195. The van der Waals surface area contributed by atoms with Gasteiger partial charge in [-0.15, -0.1) is 5.10 Å². The van der Waals surface area contributed by atoms with Crippen molar-refractivity contribution in [3.8, 4) is 11.3 Å². The van der Waals surface area contributed by atoms with Gasteiger partial charge in [0.15, 0.2) is 0 Å². The Morgan fingerprint density at radius 3 is 1.97 bits per heavy atom. The maximum Gasteiger partial charge on any atom is 0.340 e. The average Bonchev–Trinajstić information content (AvgIpc) is 3.25. The van der Waals surface area contributed by atoms with E-state index in [1.54, 1.807) is 64.6 Å². The summed E-state index contributed by atoms with van der Waals surface area (Å²) in [4.78, 5) is 23.9. The van der Waals surface area contributed by atoms with E-state index in [1.165, 1.54) is 0 Å². The summed E-state index contributed by atoms with van der Waals surface area (Å²) < 4.78 is 35.4. The van der Waals surface area contributed by atoms with E-state index >= 15 is 0 Å². The minimum atomic E-state index is -3.79. The van der Waals surface area contributed by atoms with Crippen LogP contribution in [0.4, 0.5) is 0 Å². The van der Waals surface area contributed by atoms with Gasteiger partial charge >= 0.3 is 19.5 Å². The Morgan fingerprint density at radius 2 is 1.46 bits per heavy atom. The number of carbonyl (C=O) groups excluding carboxylic acids is 2. The average molecular weight is 508 g/mol. The lowest BCUT2D eigenvalue weighted by atomic mass is 9.98.